The van der Waals surface area contributed by atoms with E-state index in [-0.39, 0.29) is 11.5 Å². The quantitative estimate of drug-likeness (QED) is 0.799. The average molecular weight is 228 g/mol. The Labute approximate surface area is 98.3 Å². The molecule has 0 spiro atoms. The fourth-order valence-corrected chi connectivity index (χ4v) is 2.31. The molecule has 0 aromatic carbocycles. The Hall–Kier alpha value is -0.770. The average Bonchev–Trinajstić information content (AvgIpc) is 2.26. The molecular formula is C12H24N2O2. The number of ether oxygens (including phenoxy) is 1. The van der Waals surface area contributed by atoms with Gasteiger partial charge in [-0.05, 0) is 44.3 Å². The third-order valence-corrected chi connectivity index (χ3v) is 3.70. The van der Waals surface area contributed by atoms with Gasteiger partial charge in [0.25, 0.3) is 0 Å². The minimum Gasteiger partial charge on any atom is -0.453 e. The largest absolute Gasteiger partial charge is 0.453 e. The zero-order chi connectivity index (χ0) is 12.2. The Balaban J connectivity index is 2.40. The summed E-state index contributed by atoms with van der Waals surface area (Å²) in [6.07, 6.45) is 2.10. The van der Waals surface area contributed by atoms with Crippen molar-refractivity contribution in [3.8, 4) is 0 Å². The second kappa shape index (κ2) is 5.53. The van der Waals surface area contributed by atoms with Crippen molar-refractivity contribution in [1.29, 1.82) is 0 Å². The van der Waals surface area contributed by atoms with E-state index in [9.17, 15) is 4.79 Å². The van der Waals surface area contributed by atoms with Crippen LogP contribution in [0, 0.1) is 11.3 Å². The number of hydrogen-bond donors (Lipinski definition) is 1. The molecule has 0 radical (unpaired) electrons. The van der Waals surface area contributed by atoms with E-state index < -0.39 is 0 Å². The van der Waals surface area contributed by atoms with Gasteiger partial charge in [0.2, 0.25) is 0 Å². The van der Waals surface area contributed by atoms with Crippen LogP contribution in [-0.4, -0.2) is 44.8 Å². The third-order valence-electron chi connectivity index (χ3n) is 3.70. The zero-order valence-electron chi connectivity index (χ0n) is 10.9. The highest BCUT2D eigenvalue weighted by Gasteiger charge is 2.32. The summed E-state index contributed by atoms with van der Waals surface area (Å²) >= 11 is 0. The molecule has 0 aromatic heterocycles. The summed E-state index contributed by atoms with van der Waals surface area (Å²) in [6.45, 7) is 7.45. The summed E-state index contributed by atoms with van der Waals surface area (Å²) in [4.78, 5) is 13.4. The lowest BCUT2D eigenvalue weighted by Crippen LogP contribution is -2.43. The number of hydrogen-bond acceptors (Lipinski definition) is 3. The van der Waals surface area contributed by atoms with Gasteiger partial charge in [-0.25, -0.2) is 4.79 Å². The van der Waals surface area contributed by atoms with E-state index >= 15 is 0 Å². The molecule has 1 amide bonds. The van der Waals surface area contributed by atoms with E-state index in [0.717, 1.165) is 13.1 Å². The Morgan fingerprint density at radius 3 is 2.50 bits per heavy atom. The zero-order valence-corrected chi connectivity index (χ0v) is 10.9. The van der Waals surface area contributed by atoms with E-state index in [1.54, 1.807) is 0 Å². The molecule has 1 saturated heterocycles. The lowest BCUT2D eigenvalue weighted by atomic mass is 9.73. The SMILES string of the molecule is COC(=O)NCC(C)(C)C1CCN(C)CC1. The number of methoxy groups -OCH3 is 1. The van der Waals surface area contributed by atoms with Crippen molar-refractivity contribution in [2.75, 3.05) is 33.8 Å². The van der Waals surface area contributed by atoms with Crippen LogP contribution in [-0.2, 0) is 4.74 Å². The molecular weight excluding hydrogens is 204 g/mol. The maximum Gasteiger partial charge on any atom is 0.406 e. The Kier molecular flexibility index (Phi) is 4.59. The minimum absolute atomic E-state index is 0.148. The molecule has 1 aliphatic heterocycles. The Morgan fingerprint density at radius 1 is 1.44 bits per heavy atom. The highest BCUT2D eigenvalue weighted by molar-refractivity contribution is 5.66. The van der Waals surface area contributed by atoms with Crippen molar-refractivity contribution < 1.29 is 9.53 Å². The van der Waals surface area contributed by atoms with Crippen LogP contribution in [0.2, 0.25) is 0 Å². The normalized spacial score (nSPS) is 19.5. The number of nitrogens with one attached hydrogen (secondary N) is 1. The molecule has 0 aromatic rings. The molecule has 1 aliphatic rings. The van der Waals surface area contributed by atoms with Crippen molar-refractivity contribution in [3.05, 3.63) is 0 Å². The van der Waals surface area contributed by atoms with Crippen LogP contribution >= 0.6 is 0 Å². The minimum atomic E-state index is -0.332. The summed E-state index contributed by atoms with van der Waals surface area (Å²) in [5, 5.41) is 2.81. The van der Waals surface area contributed by atoms with Gasteiger partial charge in [0.1, 0.15) is 0 Å². The van der Waals surface area contributed by atoms with Crippen molar-refractivity contribution in [3.63, 3.8) is 0 Å². The molecule has 1 rings (SSSR count). The molecule has 4 nitrogen and oxygen atoms in total. The standard InChI is InChI=1S/C12H24N2O2/c1-12(2,9-13-11(15)16-4)10-5-7-14(3)8-6-10/h10H,5-9H2,1-4H3,(H,13,15). The number of piperidine rings is 1. The van der Waals surface area contributed by atoms with Gasteiger partial charge in [0, 0.05) is 6.54 Å². The number of likely N-dealkylation sites (tertiary alicyclic amines) is 1. The first-order valence-electron chi connectivity index (χ1n) is 5.96. The van der Waals surface area contributed by atoms with Crippen LogP contribution in [0.4, 0.5) is 4.79 Å². The van der Waals surface area contributed by atoms with Crippen LogP contribution in [0.5, 0.6) is 0 Å². The lowest BCUT2D eigenvalue weighted by Gasteiger charge is -2.39. The van der Waals surface area contributed by atoms with Crippen molar-refractivity contribution >= 4 is 6.09 Å². The molecule has 16 heavy (non-hydrogen) atoms. The fourth-order valence-electron chi connectivity index (χ4n) is 2.31. The predicted octanol–water partition coefficient (Wildman–Crippen LogP) is 1.71. The van der Waals surface area contributed by atoms with Crippen LogP contribution in [0.25, 0.3) is 0 Å². The van der Waals surface area contributed by atoms with Gasteiger partial charge in [-0.2, -0.15) is 0 Å². The summed E-state index contributed by atoms with van der Waals surface area (Å²) in [7, 11) is 3.56. The number of carbonyl (C=O) groups excluding carboxylic acids is 1. The van der Waals surface area contributed by atoms with Gasteiger partial charge in [-0.3, -0.25) is 0 Å². The Bertz CT molecular complexity index is 233. The molecule has 1 N–H and O–H groups in total. The fraction of sp³-hybridized carbons (Fsp3) is 0.917. The van der Waals surface area contributed by atoms with Gasteiger partial charge in [0.05, 0.1) is 7.11 Å². The second-order valence-electron chi connectivity index (χ2n) is 5.41. The van der Waals surface area contributed by atoms with Crippen LogP contribution in [0.1, 0.15) is 26.7 Å². The smallest absolute Gasteiger partial charge is 0.406 e. The third kappa shape index (κ3) is 3.67. The van der Waals surface area contributed by atoms with Crippen molar-refractivity contribution in [1.82, 2.24) is 10.2 Å². The van der Waals surface area contributed by atoms with Gasteiger partial charge < -0.3 is 15.0 Å². The molecule has 0 unspecified atom stereocenters. The number of nitrogens with zero attached hydrogens (tertiary/aromatic N) is 1. The molecule has 1 heterocycles. The maximum atomic E-state index is 11.1. The molecule has 0 bridgehead atoms. The lowest BCUT2D eigenvalue weighted by molar-refractivity contribution is 0.108. The first-order valence-corrected chi connectivity index (χ1v) is 5.96. The topological polar surface area (TPSA) is 41.6 Å². The predicted molar refractivity (Wildman–Crippen MR) is 64.4 cm³/mol. The molecule has 0 saturated carbocycles. The van der Waals surface area contributed by atoms with Crippen molar-refractivity contribution in [2.45, 2.75) is 26.7 Å². The maximum absolute atomic E-state index is 11.1. The number of carbonyl (C=O) groups is 1. The summed E-state index contributed by atoms with van der Waals surface area (Å²) in [5.41, 5.74) is 0.148. The van der Waals surface area contributed by atoms with E-state index in [2.05, 4.69) is 35.8 Å². The van der Waals surface area contributed by atoms with Gasteiger partial charge >= 0.3 is 6.09 Å². The Morgan fingerprint density at radius 2 is 2.00 bits per heavy atom. The first-order chi connectivity index (χ1) is 7.45. The van der Waals surface area contributed by atoms with Gasteiger partial charge in [-0.1, -0.05) is 13.8 Å². The van der Waals surface area contributed by atoms with Crippen molar-refractivity contribution in [2.24, 2.45) is 11.3 Å². The van der Waals surface area contributed by atoms with Gasteiger partial charge in [0.15, 0.2) is 0 Å². The summed E-state index contributed by atoms with van der Waals surface area (Å²) in [5.74, 6) is 0.681. The molecule has 4 heteroatoms. The number of rotatable bonds is 3. The summed E-state index contributed by atoms with van der Waals surface area (Å²) in [6, 6.07) is 0. The highest BCUT2D eigenvalue weighted by atomic mass is 16.5. The summed E-state index contributed by atoms with van der Waals surface area (Å²) < 4.78 is 4.59. The molecule has 94 valence electrons. The van der Waals surface area contributed by atoms with Crippen LogP contribution < -0.4 is 5.32 Å². The van der Waals surface area contributed by atoms with E-state index in [1.165, 1.54) is 20.0 Å². The van der Waals surface area contributed by atoms with E-state index in [1.807, 2.05) is 0 Å². The molecule has 0 atom stereocenters. The van der Waals surface area contributed by atoms with Crippen LogP contribution in [0.3, 0.4) is 0 Å². The molecule has 1 fully saturated rings. The monoisotopic (exact) mass is 228 g/mol. The van der Waals surface area contributed by atoms with E-state index in [0.29, 0.717) is 12.5 Å². The van der Waals surface area contributed by atoms with Gasteiger partial charge in [-0.15, -0.1) is 0 Å². The highest BCUT2D eigenvalue weighted by Crippen LogP contribution is 2.34. The number of alkyl carbamates (subject to hydrolysis) is 1. The molecule has 0 aliphatic carbocycles. The van der Waals surface area contributed by atoms with E-state index in [4.69, 9.17) is 0 Å². The second-order valence-corrected chi connectivity index (χ2v) is 5.41. The number of amides is 1. The first kappa shape index (κ1) is 13.3. The van der Waals surface area contributed by atoms with Crippen LogP contribution in [0.15, 0.2) is 0 Å².